The predicted molar refractivity (Wildman–Crippen MR) is 180 cm³/mol. The van der Waals surface area contributed by atoms with Gasteiger partial charge in [0.05, 0.1) is 49.5 Å². The second kappa shape index (κ2) is 13.4. The van der Waals surface area contributed by atoms with E-state index in [1.54, 1.807) is 24.3 Å². The van der Waals surface area contributed by atoms with E-state index >= 15 is 0 Å². The summed E-state index contributed by atoms with van der Waals surface area (Å²) in [6.07, 6.45) is 10.00. The van der Waals surface area contributed by atoms with Crippen LogP contribution in [0.2, 0.25) is 0 Å². The summed E-state index contributed by atoms with van der Waals surface area (Å²) in [4.78, 5) is 32.4. The lowest BCUT2D eigenvalue weighted by Crippen LogP contribution is -2.49. The molecule has 2 bridgehead atoms. The third kappa shape index (κ3) is 6.43. The number of nitrogens with one attached hydrogen (secondary N) is 2. The van der Waals surface area contributed by atoms with Crippen molar-refractivity contribution in [2.24, 2.45) is 11.8 Å². The molecule has 5 aliphatic rings. The van der Waals surface area contributed by atoms with Gasteiger partial charge in [-0.25, -0.2) is 19.4 Å². The minimum absolute atomic E-state index is 0.0625. The highest BCUT2D eigenvalue weighted by atomic mass is 35.5. The first-order chi connectivity index (χ1) is 22.8. The van der Waals surface area contributed by atoms with E-state index in [1.165, 1.54) is 18.5 Å². The van der Waals surface area contributed by atoms with Crippen LogP contribution < -0.4 is 25.3 Å². The lowest BCUT2D eigenvalue weighted by atomic mass is 9.82. The Balaban J connectivity index is 1.11. The molecule has 7 rings (SSSR count). The number of hydrogen-bond acceptors (Lipinski definition) is 10. The molecule has 1 aromatic carbocycles. The van der Waals surface area contributed by atoms with Gasteiger partial charge in [0.2, 0.25) is 5.91 Å². The number of likely N-dealkylation sites (tertiary alicyclic amines) is 1. The molecule has 47 heavy (non-hydrogen) atoms. The smallest absolute Gasteiger partial charge is 0.247 e. The topological polar surface area (TPSA) is 104 Å². The number of hydroxylamine groups is 1. The van der Waals surface area contributed by atoms with Crippen LogP contribution in [-0.2, 0) is 14.4 Å². The number of hydrogen-bond donors (Lipinski definition) is 2. The summed E-state index contributed by atoms with van der Waals surface area (Å²) in [5.41, 5.74) is 2.15. The molecule has 4 saturated heterocycles. The van der Waals surface area contributed by atoms with E-state index in [0.717, 1.165) is 51.2 Å². The van der Waals surface area contributed by atoms with E-state index in [-0.39, 0.29) is 29.6 Å². The van der Waals surface area contributed by atoms with Crippen molar-refractivity contribution < 1.29 is 23.5 Å². The molecule has 250 valence electrons. The Kier molecular flexibility index (Phi) is 9.10. The number of morpholine rings is 1. The third-order valence-electron chi connectivity index (χ3n) is 10.1. The van der Waals surface area contributed by atoms with Gasteiger partial charge < -0.3 is 25.0 Å². The van der Waals surface area contributed by atoms with Crippen molar-refractivity contribution in [3.8, 4) is 5.75 Å². The van der Waals surface area contributed by atoms with Crippen molar-refractivity contribution >= 4 is 46.2 Å². The molecule has 1 aliphatic carbocycles. The van der Waals surface area contributed by atoms with Crippen LogP contribution in [0.3, 0.4) is 0 Å². The highest BCUT2D eigenvalue weighted by molar-refractivity contribution is 6.30. The van der Waals surface area contributed by atoms with Crippen LogP contribution in [0.4, 0.5) is 33.1 Å². The summed E-state index contributed by atoms with van der Waals surface area (Å²) in [5.74, 6) is 0.737. The van der Waals surface area contributed by atoms with E-state index < -0.39 is 0 Å². The summed E-state index contributed by atoms with van der Waals surface area (Å²) in [6, 6.07) is 6.52. The molecule has 11 nitrogen and oxygen atoms in total. The summed E-state index contributed by atoms with van der Waals surface area (Å²) in [7, 11) is 1.62. The molecule has 0 spiro atoms. The number of piperidine rings is 1. The minimum atomic E-state index is -0.345. The van der Waals surface area contributed by atoms with Crippen LogP contribution >= 0.6 is 11.6 Å². The van der Waals surface area contributed by atoms with E-state index in [9.17, 15) is 9.18 Å². The maximum atomic E-state index is 14.4. The summed E-state index contributed by atoms with van der Waals surface area (Å²) < 4.78 is 26.0. The van der Waals surface area contributed by atoms with E-state index in [0.29, 0.717) is 65.0 Å². The van der Waals surface area contributed by atoms with Crippen LogP contribution in [0.5, 0.6) is 5.75 Å². The molecule has 0 radical (unpaired) electrons. The number of aromatic nitrogens is 2. The molecule has 1 amide bonds. The minimum Gasteiger partial charge on any atom is -0.494 e. The average Bonchev–Trinajstić information content (AvgIpc) is 3.85. The standard InChI is InChI=1S/C34H41ClFN7O4/c1-4-34(44)40-27-14-28(31(45-3)15-30(27)41-8-5-22(6-9-41)42-17-24-13-23(42)18-46-24)39-32-16-33(38-19-37-32)43-29(7-10-47-43)25-11-21(36)12-26(35)20(25)2/h4,11-12,14-16,19-20,22-25,29H,1,5-10,13,17-18H2,2-3H3,(H,40,44)(H,37,38,39)/t20?,23-,24-,25?,29-/m1/s1. The quantitative estimate of drug-likeness (QED) is 0.332. The molecular formula is C34H41ClFN7O4. The van der Waals surface area contributed by atoms with Crippen LogP contribution in [-0.4, -0.2) is 85.0 Å². The van der Waals surface area contributed by atoms with Gasteiger partial charge in [0.15, 0.2) is 5.82 Å². The van der Waals surface area contributed by atoms with Gasteiger partial charge in [-0.3, -0.25) is 14.5 Å². The summed E-state index contributed by atoms with van der Waals surface area (Å²) in [6.45, 7) is 9.70. The SMILES string of the molecule is C=CC(=O)Nc1cc(Nc2cc(N3OCC[C@@H]3C3C=C(F)C=C(Cl)C3C)ncn2)c(OC)cc1N1CCC(N2C[C@H]3C[C@@H]2CO3)CC1. The van der Waals surface area contributed by atoms with Crippen molar-refractivity contribution in [2.75, 3.05) is 60.6 Å². The molecule has 4 fully saturated rings. The third-order valence-corrected chi connectivity index (χ3v) is 10.6. The first-order valence-electron chi connectivity index (χ1n) is 16.3. The largest absolute Gasteiger partial charge is 0.494 e. The fourth-order valence-electron chi connectivity index (χ4n) is 7.71. The van der Waals surface area contributed by atoms with Crippen molar-refractivity contribution in [1.82, 2.24) is 14.9 Å². The normalized spacial score (nSPS) is 27.9. The van der Waals surface area contributed by atoms with Gasteiger partial charge in [0, 0.05) is 60.7 Å². The van der Waals surface area contributed by atoms with Crippen LogP contribution in [0.1, 0.15) is 32.6 Å². The number of halogens is 2. The fraction of sp³-hybridized carbons (Fsp3) is 0.500. The number of rotatable bonds is 9. The van der Waals surface area contributed by atoms with Gasteiger partial charge >= 0.3 is 0 Å². The average molecular weight is 666 g/mol. The zero-order valence-corrected chi connectivity index (χ0v) is 27.5. The number of benzene rings is 1. The highest BCUT2D eigenvalue weighted by Crippen LogP contribution is 2.42. The van der Waals surface area contributed by atoms with Crippen molar-refractivity contribution in [2.45, 2.75) is 56.8 Å². The van der Waals surface area contributed by atoms with E-state index in [1.807, 2.05) is 19.1 Å². The van der Waals surface area contributed by atoms with Gasteiger partial charge in [-0.2, -0.15) is 0 Å². The summed E-state index contributed by atoms with van der Waals surface area (Å²) >= 11 is 6.37. The Morgan fingerprint density at radius 3 is 2.72 bits per heavy atom. The molecular weight excluding hydrogens is 625 g/mol. The number of methoxy groups -OCH3 is 1. The van der Waals surface area contributed by atoms with Crippen molar-refractivity contribution in [3.05, 3.63) is 60.2 Å². The highest BCUT2D eigenvalue weighted by Gasteiger charge is 2.43. The van der Waals surface area contributed by atoms with Gasteiger partial charge in [0.1, 0.15) is 23.7 Å². The number of carbonyl (C=O) groups is 1. The number of carbonyl (C=O) groups excluding carboxylic acids is 1. The lowest BCUT2D eigenvalue weighted by molar-refractivity contribution is -0.111. The first kappa shape index (κ1) is 31.9. The molecule has 13 heteroatoms. The molecule has 0 saturated carbocycles. The Labute approximate surface area is 279 Å². The number of ether oxygens (including phenoxy) is 2. The van der Waals surface area contributed by atoms with E-state index in [2.05, 4.69) is 37.0 Å². The monoisotopic (exact) mass is 665 g/mol. The van der Waals surface area contributed by atoms with E-state index in [4.69, 9.17) is 25.9 Å². The maximum Gasteiger partial charge on any atom is 0.247 e. The zero-order chi connectivity index (χ0) is 32.7. The Hall–Kier alpha value is -3.71. The number of allylic oxidation sites excluding steroid dienone is 3. The van der Waals surface area contributed by atoms with Crippen LogP contribution in [0.25, 0.3) is 0 Å². The molecule has 4 aliphatic heterocycles. The first-order valence-corrected chi connectivity index (χ1v) is 16.7. The second-order valence-corrected chi connectivity index (χ2v) is 13.3. The molecule has 5 heterocycles. The van der Waals surface area contributed by atoms with Gasteiger partial charge in [-0.15, -0.1) is 0 Å². The molecule has 1 aromatic heterocycles. The number of nitrogens with zero attached hydrogens (tertiary/aromatic N) is 5. The Bertz CT molecular complexity index is 1580. The number of amides is 1. The summed E-state index contributed by atoms with van der Waals surface area (Å²) in [5, 5.41) is 8.57. The van der Waals surface area contributed by atoms with Crippen LogP contribution in [0.15, 0.2) is 60.2 Å². The van der Waals surface area contributed by atoms with Crippen molar-refractivity contribution in [3.63, 3.8) is 0 Å². The number of fused-ring (bicyclic) bond motifs is 2. The fourth-order valence-corrected chi connectivity index (χ4v) is 7.96. The lowest BCUT2D eigenvalue weighted by Gasteiger charge is -2.41. The van der Waals surface area contributed by atoms with Gasteiger partial charge in [-0.1, -0.05) is 25.1 Å². The van der Waals surface area contributed by atoms with Crippen LogP contribution in [0, 0.1) is 11.8 Å². The zero-order valence-electron chi connectivity index (χ0n) is 26.7. The molecule has 2 N–H and O–H groups in total. The van der Waals surface area contributed by atoms with Gasteiger partial charge in [0.25, 0.3) is 0 Å². The molecule has 2 unspecified atom stereocenters. The Morgan fingerprint density at radius 2 is 2.00 bits per heavy atom. The maximum absolute atomic E-state index is 14.4. The Morgan fingerprint density at radius 1 is 1.17 bits per heavy atom. The second-order valence-electron chi connectivity index (χ2n) is 12.9. The molecule has 2 aromatic rings. The van der Waals surface area contributed by atoms with Crippen molar-refractivity contribution in [1.29, 1.82) is 0 Å². The number of anilines is 5. The van der Waals surface area contributed by atoms with Gasteiger partial charge in [-0.05, 0) is 50.0 Å². The molecule has 5 atom stereocenters. The predicted octanol–water partition coefficient (Wildman–Crippen LogP) is 5.55.